The molecule has 1 unspecified atom stereocenters. The number of aryl methyl sites for hydroxylation is 3. The van der Waals surface area contributed by atoms with Crippen molar-refractivity contribution in [2.24, 2.45) is 27.1 Å². The first kappa shape index (κ1) is 45.9. The van der Waals surface area contributed by atoms with Crippen LogP contribution in [0.4, 0.5) is 17.1 Å². The molecular formula is C58H61N9O4. The zero-order valence-corrected chi connectivity index (χ0v) is 40.8. The fraction of sp³-hybridized carbons (Fsp3) is 0.310. The summed E-state index contributed by atoms with van der Waals surface area (Å²) < 4.78 is 11.7. The van der Waals surface area contributed by atoms with Crippen molar-refractivity contribution in [2.75, 3.05) is 34.5 Å². The van der Waals surface area contributed by atoms with E-state index in [4.69, 9.17) is 4.74 Å². The van der Waals surface area contributed by atoms with Crippen molar-refractivity contribution in [1.82, 2.24) is 29.2 Å². The number of carbonyl (C=O) groups excluding carboxylic acids is 3. The van der Waals surface area contributed by atoms with Crippen LogP contribution in [0.5, 0.6) is 0 Å². The maximum absolute atomic E-state index is 13.4. The van der Waals surface area contributed by atoms with Gasteiger partial charge in [-0.05, 0) is 115 Å². The number of aromatic nitrogens is 5. The number of nitrogens with zero attached hydrogens (tertiary/aromatic N) is 7. The third-order valence-corrected chi connectivity index (χ3v) is 15.2. The number of hydrogen-bond acceptors (Lipinski definition) is 6. The van der Waals surface area contributed by atoms with Crippen molar-refractivity contribution in [3.8, 4) is 0 Å². The number of H-pyrrole nitrogens is 1. The lowest BCUT2D eigenvalue weighted by atomic mass is 9.98. The van der Waals surface area contributed by atoms with Gasteiger partial charge in [-0.3, -0.25) is 19.1 Å². The molecule has 4 aromatic carbocycles. The fourth-order valence-electron chi connectivity index (χ4n) is 11.1. The summed E-state index contributed by atoms with van der Waals surface area (Å²) in [6.07, 6.45) is 14.2. The van der Waals surface area contributed by atoms with Gasteiger partial charge in [0.25, 0.3) is 5.91 Å². The van der Waals surface area contributed by atoms with E-state index in [2.05, 4.69) is 99.6 Å². The number of para-hydroxylation sites is 3. The van der Waals surface area contributed by atoms with E-state index in [-0.39, 0.29) is 29.7 Å². The molecule has 0 spiro atoms. The Morgan fingerprint density at radius 3 is 1.77 bits per heavy atom. The third-order valence-electron chi connectivity index (χ3n) is 15.2. The van der Waals surface area contributed by atoms with Crippen LogP contribution in [-0.4, -0.2) is 67.4 Å². The quantitative estimate of drug-likeness (QED) is 0.183. The van der Waals surface area contributed by atoms with Gasteiger partial charge in [0.05, 0.1) is 31.9 Å². The molecule has 8 aromatic rings. The zero-order chi connectivity index (χ0) is 48.6. The average Bonchev–Trinajstić information content (AvgIpc) is 4.24. The average molecular weight is 948 g/mol. The summed E-state index contributed by atoms with van der Waals surface area (Å²) in [5.41, 5.74) is 15.9. The smallest absolute Gasteiger partial charge is 0.258 e. The molecule has 13 nitrogen and oxygen atoms in total. The van der Waals surface area contributed by atoms with Gasteiger partial charge in [0.15, 0.2) is 0 Å². The Balaban J connectivity index is 0.000000116. The maximum Gasteiger partial charge on any atom is 0.258 e. The van der Waals surface area contributed by atoms with E-state index in [1.54, 1.807) is 0 Å². The van der Waals surface area contributed by atoms with Crippen LogP contribution in [0.25, 0.3) is 10.9 Å². The van der Waals surface area contributed by atoms with Gasteiger partial charge in [0.1, 0.15) is 0 Å². The molecule has 71 heavy (non-hydrogen) atoms. The number of ether oxygens (including phenoxy) is 1. The first-order valence-electron chi connectivity index (χ1n) is 25.0. The second kappa shape index (κ2) is 19.7. The van der Waals surface area contributed by atoms with E-state index in [9.17, 15) is 14.4 Å². The van der Waals surface area contributed by atoms with Crippen LogP contribution in [0.3, 0.4) is 0 Å². The lowest BCUT2D eigenvalue weighted by Gasteiger charge is -2.29. The minimum absolute atomic E-state index is 0.0293. The first-order chi connectivity index (χ1) is 34.7. The molecule has 9 heterocycles. The number of anilines is 3. The highest BCUT2D eigenvalue weighted by Crippen LogP contribution is 2.35. The maximum atomic E-state index is 13.4. The summed E-state index contributed by atoms with van der Waals surface area (Å²) in [4.78, 5) is 48.5. The molecule has 1 atom stereocenters. The molecule has 4 aromatic heterocycles. The Hall–Kier alpha value is -7.48. The van der Waals surface area contributed by atoms with Crippen LogP contribution < -0.4 is 20.0 Å². The Kier molecular flexibility index (Phi) is 12.8. The van der Waals surface area contributed by atoms with Gasteiger partial charge < -0.3 is 38.9 Å². The van der Waals surface area contributed by atoms with Crippen LogP contribution in [0.15, 0.2) is 134 Å². The number of nitrogens with one attached hydrogen (secondary N) is 2. The van der Waals surface area contributed by atoms with Crippen LogP contribution in [0.2, 0.25) is 0 Å². The standard InChI is InChI=1S/C22H19N3O.C18H21N3O2.C18H21N3O/c1-24-11-9-18-14-25(20-5-3-2-4-16(20)13-21(18)24)22(26)17-6-7-19-15(12-17)8-10-23-19;1-20-17-10-14-4-2-3-5-16(14)21(12-15(17)11-19-20)18(22)13-6-8-23-9-7-13;1-20-10-8-14-12-21(18(22)15-6-4-9-19-15)16-7-3-2-5-13(16)11-17(14)20/h2-12,23H,13-14H2,1H3;2-5,11,13H,6-10,12H2,1H3;2-3,5,7-8,10,15,19H,4,6,9,11-12H2,1H3. The second-order valence-corrected chi connectivity index (χ2v) is 19.5. The van der Waals surface area contributed by atoms with Crippen LogP contribution in [-0.2, 0) is 74.4 Å². The van der Waals surface area contributed by atoms with Gasteiger partial charge in [0.2, 0.25) is 11.8 Å². The fourth-order valence-corrected chi connectivity index (χ4v) is 11.1. The molecule has 0 bridgehead atoms. The second-order valence-electron chi connectivity index (χ2n) is 19.5. The summed E-state index contributed by atoms with van der Waals surface area (Å²) in [5.74, 6) is 0.534. The van der Waals surface area contributed by atoms with Crippen molar-refractivity contribution in [2.45, 2.75) is 70.6 Å². The number of rotatable bonds is 3. The minimum Gasteiger partial charge on any atom is -0.381 e. The summed E-state index contributed by atoms with van der Waals surface area (Å²) in [6.45, 7) is 4.19. The highest BCUT2D eigenvalue weighted by atomic mass is 16.5. The van der Waals surface area contributed by atoms with E-state index < -0.39 is 0 Å². The Morgan fingerprint density at radius 2 is 1.15 bits per heavy atom. The van der Waals surface area contributed by atoms with Gasteiger partial charge in [0, 0.05) is 134 Å². The minimum atomic E-state index is -0.0293. The van der Waals surface area contributed by atoms with Crippen molar-refractivity contribution in [3.63, 3.8) is 0 Å². The summed E-state index contributed by atoms with van der Waals surface area (Å²) in [7, 11) is 6.12. The molecule has 2 N–H and O–H groups in total. The molecule has 0 saturated carbocycles. The molecule has 13 rings (SSSR count). The number of aromatic amines is 1. The summed E-state index contributed by atoms with van der Waals surface area (Å²) >= 11 is 0. The molecule has 0 radical (unpaired) electrons. The Morgan fingerprint density at radius 1 is 0.592 bits per heavy atom. The molecule has 2 saturated heterocycles. The normalized spacial score (nSPS) is 17.1. The van der Waals surface area contributed by atoms with Crippen LogP contribution in [0, 0.1) is 5.92 Å². The van der Waals surface area contributed by atoms with Crippen molar-refractivity contribution in [3.05, 3.63) is 190 Å². The molecular weight excluding hydrogens is 887 g/mol. The molecule has 362 valence electrons. The van der Waals surface area contributed by atoms with Gasteiger partial charge >= 0.3 is 0 Å². The number of amides is 3. The number of hydrogen-bond donors (Lipinski definition) is 2. The Labute approximate surface area is 414 Å². The SMILES string of the molecule is Cn1ccc2c1Cc1ccccc1N(C(=O)C1CCCN1)C2.Cn1ccc2c1Cc1ccccc1N(C(=O)c1ccc3[nH]ccc3c1)C2.Cn1ncc2c1Cc1ccccc1N(C(=O)C1CCOCC1)C2. The molecule has 13 heteroatoms. The summed E-state index contributed by atoms with van der Waals surface area (Å²) in [6, 6.07) is 36.8. The lowest BCUT2D eigenvalue weighted by molar-refractivity contribution is -0.125. The molecule has 5 aliphatic rings. The van der Waals surface area contributed by atoms with E-state index in [0.29, 0.717) is 38.4 Å². The van der Waals surface area contributed by atoms with Gasteiger partial charge in [-0.15, -0.1) is 0 Å². The zero-order valence-electron chi connectivity index (χ0n) is 40.8. The van der Waals surface area contributed by atoms with Crippen molar-refractivity contribution in [1.29, 1.82) is 0 Å². The number of carbonyl (C=O) groups is 3. The molecule has 3 amide bonds. The van der Waals surface area contributed by atoms with E-state index in [1.807, 2.05) is 99.5 Å². The van der Waals surface area contributed by atoms with Gasteiger partial charge in [-0.25, -0.2) is 0 Å². The monoisotopic (exact) mass is 947 g/mol. The number of fused-ring (bicyclic) bond motifs is 7. The highest BCUT2D eigenvalue weighted by Gasteiger charge is 2.33. The topological polar surface area (TPSA) is 126 Å². The molecule has 2 fully saturated rings. The highest BCUT2D eigenvalue weighted by molar-refractivity contribution is 6.08. The predicted octanol–water partition coefficient (Wildman–Crippen LogP) is 8.76. The third kappa shape index (κ3) is 9.11. The predicted molar refractivity (Wildman–Crippen MR) is 278 cm³/mol. The van der Waals surface area contributed by atoms with Crippen LogP contribution >= 0.6 is 0 Å². The van der Waals surface area contributed by atoms with Gasteiger partial charge in [-0.1, -0.05) is 54.6 Å². The molecule has 0 aliphatic carbocycles. The number of benzene rings is 4. The summed E-state index contributed by atoms with van der Waals surface area (Å²) in [5, 5.41) is 8.77. The van der Waals surface area contributed by atoms with E-state index in [0.717, 1.165) is 85.0 Å². The largest absolute Gasteiger partial charge is 0.381 e. The molecule has 5 aliphatic heterocycles. The Bertz CT molecular complexity index is 3250. The first-order valence-corrected chi connectivity index (χ1v) is 25.0. The lowest BCUT2D eigenvalue weighted by Crippen LogP contribution is -2.43. The van der Waals surface area contributed by atoms with Crippen molar-refractivity contribution >= 4 is 45.7 Å². The van der Waals surface area contributed by atoms with Crippen molar-refractivity contribution < 1.29 is 19.1 Å². The van der Waals surface area contributed by atoms with E-state index in [1.165, 1.54) is 44.9 Å². The van der Waals surface area contributed by atoms with Crippen LogP contribution in [0.1, 0.15) is 86.5 Å². The van der Waals surface area contributed by atoms with E-state index >= 15 is 0 Å². The van der Waals surface area contributed by atoms with Gasteiger partial charge in [-0.2, -0.15) is 5.10 Å².